The van der Waals surface area contributed by atoms with Crippen molar-refractivity contribution in [3.05, 3.63) is 35.9 Å². The number of aromatic nitrogens is 2. The molecule has 0 aromatic carbocycles. The van der Waals surface area contributed by atoms with Gasteiger partial charge in [0, 0.05) is 5.69 Å². The Morgan fingerprint density at radius 3 is 2.64 bits per heavy atom. The molecule has 0 atom stereocenters. The van der Waals surface area contributed by atoms with Crippen LogP contribution in [0.1, 0.15) is 17.2 Å². The van der Waals surface area contributed by atoms with E-state index in [1.165, 1.54) is 0 Å². The number of H-pyrrole nitrogens is 1. The Kier molecular flexibility index (Phi) is 2.26. The third-order valence-electron chi connectivity index (χ3n) is 1.54. The second-order valence-electron chi connectivity index (χ2n) is 2.43. The molecular formula is C9H12N2. The third-order valence-corrected chi connectivity index (χ3v) is 1.54. The van der Waals surface area contributed by atoms with Gasteiger partial charge in [0.15, 0.2) is 0 Å². The van der Waals surface area contributed by atoms with Crippen LogP contribution >= 0.6 is 0 Å². The van der Waals surface area contributed by atoms with E-state index >= 15 is 0 Å². The molecule has 0 radical (unpaired) electrons. The molecule has 1 aromatic heterocycles. The lowest BCUT2D eigenvalue weighted by molar-refractivity contribution is 1.22. The molecule has 0 saturated carbocycles. The minimum absolute atomic E-state index is 0.889. The lowest BCUT2D eigenvalue weighted by atomic mass is 10.4. The molecule has 11 heavy (non-hydrogen) atoms. The number of nitrogens with one attached hydrogen (secondary N) is 1. The zero-order valence-electron chi connectivity index (χ0n) is 6.89. The second kappa shape index (κ2) is 3.19. The molecule has 0 aliphatic carbocycles. The fourth-order valence-electron chi connectivity index (χ4n) is 0.813. The van der Waals surface area contributed by atoms with E-state index in [0.29, 0.717) is 0 Å². The molecule has 0 fully saturated rings. The summed E-state index contributed by atoms with van der Waals surface area (Å²) in [5.74, 6) is 0.889. The van der Waals surface area contributed by atoms with Gasteiger partial charge in [0.05, 0.1) is 5.69 Å². The van der Waals surface area contributed by atoms with Crippen molar-refractivity contribution in [3.8, 4) is 0 Å². The molecule has 1 rings (SSSR count). The summed E-state index contributed by atoms with van der Waals surface area (Å²) in [4.78, 5) is 7.39. The Morgan fingerprint density at radius 1 is 1.45 bits per heavy atom. The number of nitrogens with zero attached hydrogens (tertiary/aromatic N) is 1. The third kappa shape index (κ3) is 1.80. The number of hydrogen-bond acceptors (Lipinski definition) is 1. The SMILES string of the molecule is C=C/C=C\c1nc(C)c(C)[nH]1. The Morgan fingerprint density at radius 2 is 2.18 bits per heavy atom. The van der Waals surface area contributed by atoms with E-state index in [9.17, 15) is 0 Å². The van der Waals surface area contributed by atoms with Crippen LogP contribution in [0.3, 0.4) is 0 Å². The van der Waals surface area contributed by atoms with Gasteiger partial charge in [-0.05, 0) is 19.9 Å². The van der Waals surface area contributed by atoms with Gasteiger partial charge >= 0.3 is 0 Å². The normalized spacial score (nSPS) is 10.7. The molecule has 2 nitrogen and oxygen atoms in total. The molecule has 0 aliphatic rings. The summed E-state index contributed by atoms with van der Waals surface area (Å²) < 4.78 is 0. The fraction of sp³-hybridized carbons (Fsp3) is 0.222. The van der Waals surface area contributed by atoms with Gasteiger partial charge in [-0.25, -0.2) is 4.98 Å². The molecule has 0 bridgehead atoms. The Hall–Kier alpha value is -1.31. The van der Waals surface area contributed by atoms with E-state index < -0.39 is 0 Å². The standard InChI is InChI=1S/C9H12N2/c1-4-5-6-9-10-7(2)8(3)11-9/h4-6H,1H2,2-3H3,(H,10,11)/b6-5-. The lowest BCUT2D eigenvalue weighted by Crippen LogP contribution is -1.72. The van der Waals surface area contributed by atoms with Crippen molar-refractivity contribution in [2.45, 2.75) is 13.8 Å². The van der Waals surface area contributed by atoms with Crippen LogP contribution in [0.25, 0.3) is 6.08 Å². The van der Waals surface area contributed by atoms with Gasteiger partial charge in [-0.15, -0.1) is 0 Å². The first kappa shape index (κ1) is 7.79. The predicted molar refractivity (Wildman–Crippen MR) is 47.3 cm³/mol. The van der Waals surface area contributed by atoms with Crippen molar-refractivity contribution in [1.29, 1.82) is 0 Å². The molecule has 0 amide bonds. The topological polar surface area (TPSA) is 28.7 Å². The fourth-order valence-corrected chi connectivity index (χ4v) is 0.813. The number of aromatic amines is 1. The molecule has 1 heterocycles. The van der Waals surface area contributed by atoms with E-state index in [4.69, 9.17) is 0 Å². The average Bonchev–Trinajstić information content (AvgIpc) is 2.28. The molecule has 0 saturated heterocycles. The largest absolute Gasteiger partial charge is 0.342 e. The number of aryl methyl sites for hydroxylation is 2. The highest BCUT2D eigenvalue weighted by atomic mass is 14.9. The van der Waals surface area contributed by atoms with Crippen LogP contribution in [0.15, 0.2) is 18.7 Å². The highest BCUT2D eigenvalue weighted by molar-refractivity contribution is 5.43. The summed E-state index contributed by atoms with van der Waals surface area (Å²) >= 11 is 0. The highest BCUT2D eigenvalue weighted by Gasteiger charge is 1.96. The maximum absolute atomic E-state index is 4.26. The smallest absolute Gasteiger partial charge is 0.130 e. The quantitative estimate of drug-likeness (QED) is 0.640. The van der Waals surface area contributed by atoms with Crippen LogP contribution in [-0.2, 0) is 0 Å². The molecular weight excluding hydrogens is 136 g/mol. The molecule has 0 aliphatic heterocycles. The monoisotopic (exact) mass is 148 g/mol. The minimum Gasteiger partial charge on any atom is -0.342 e. The predicted octanol–water partition coefficient (Wildman–Crippen LogP) is 2.23. The summed E-state index contributed by atoms with van der Waals surface area (Å²) in [6.45, 7) is 7.57. The van der Waals surface area contributed by atoms with Crippen LogP contribution in [0.2, 0.25) is 0 Å². The van der Waals surface area contributed by atoms with Gasteiger partial charge in [0.1, 0.15) is 5.82 Å². The number of imidazole rings is 1. The summed E-state index contributed by atoms with van der Waals surface area (Å²) in [5.41, 5.74) is 2.17. The zero-order chi connectivity index (χ0) is 8.27. The maximum atomic E-state index is 4.26. The summed E-state index contributed by atoms with van der Waals surface area (Å²) in [7, 11) is 0. The maximum Gasteiger partial charge on any atom is 0.130 e. The summed E-state index contributed by atoms with van der Waals surface area (Å²) in [5, 5.41) is 0. The lowest BCUT2D eigenvalue weighted by Gasteiger charge is -1.80. The van der Waals surface area contributed by atoms with Crippen molar-refractivity contribution >= 4 is 6.08 Å². The molecule has 1 N–H and O–H groups in total. The van der Waals surface area contributed by atoms with Crippen molar-refractivity contribution in [1.82, 2.24) is 9.97 Å². The number of hydrogen-bond donors (Lipinski definition) is 1. The number of rotatable bonds is 2. The molecule has 0 spiro atoms. The van der Waals surface area contributed by atoms with E-state index in [1.807, 2.05) is 26.0 Å². The number of allylic oxidation sites excluding steroid dienone is 2. The molecule has 2 heteroatoms. The van der Waals surface area contributed by atoms with Gasteiger partial charge in [0.2, 0.25) is 0 Å². The molecule has 1 aromatic rings. The highest BCUT2D eigenvalue weighted by Crippen LogP contribution is 2.03. The van der Waals surface area contributed by atoms with Crippen LogP contribution in [-0.4, -0.2) is 9.97 Å². The van der Waals surface area contributed by atoms with Crippen molar-refractivity contribution < 1.29 is 0 Å². The van der Waals surface area contributed by atoms with E-state index in [0.717, 1.165) is 17.2 Å². The molecule has 0 unspecified atom stereocenters. The first-order valence-electron chi connectivity index (χ1n) is 3.56. The van der Waals surface area contributed by atoms with Gasteiger partial charge in [-0.3, -0.25) is 0 Å². The minimum atomic E-state index is 0.889. The van der Waals surface area contributed by atoms with Gasteiger partial charge in [-0.2, -0.15) is 0 Å². The van der Waals surface area contributed by atoms with Gasteiger partial charge in [-0.1, -0.05) is 18.7 Å². The van der Waals surface area contributed by atoms with E-state index in [1.54, 1.807) is 6.08 Å². The first-order valence-corrected chi connectivity index (χ1v) is 3.56. The van der Waals surface area contributed by atoms with Crippen LogP contribution in [0, 0.1) is 13.8 Å². The first-order chi connectivity index (χ1) is 5.24. The summed E-state index contributed by atoms with van der Waals surface area (Å²) in [6.07, 6.45) is 5.48. The van der Waals surface area contributed by atoms with Crippen molar-refractivity contribution in [3.63, 3.8) is 0 Å². The van der Waals surface area contributed by atoms with E-state index in [-0.39, 0.29) is 0 Å². The Bertz CT molecular complexity index is 262. The summed E-state index contributed by atoms with van der Waals surface area (Å²) in [6, 6.07) is 0. The van der Waals surface area contributed by atoms with E-state index in [2.05, 4.69) is 16.5 Å². The van der Waals surface area contributed by atoms with Crippen molar-refractivity contribution in [2.75, 3.05) is 0 Å². The average molecular weight is 148 g/mol. The Labute approximate surface area is 66.7 Å². The van der Waals surface area contributed by atoms with Crippen molar-refractivity contribution in [2.24, 2.45) is 0 Å². The Balaban J connectivity index is 2.88. The second-order valence-corrected chi connectivity index (χ2v) is 2.43. The van der Waals surface area contributed by atoms with Gasteiger partial charge < -0.3 is 4.98 Å². The van der Waals surface area contributed by atoms with Crippen LogP contribution in [0.4, 0.5) is 0 Å². The van der Waals surface area contributed by atoms with Crippen LogP contribution in [0.5, 0.6) is 0 Å². The van der Waals surface area contributed by atoms with Gasteiger partial charge in [0.25, 0.3) is 0 Å². The zero-order valence-corrected chi connectivity index (χ0v) is 6.89. The molecule has 58 valence electrons. The van der Waals surface area contributed by atoms with Crippen LogP contribution < -0.4 is 0 Å².